The van der Waals surface area contributed by atoms with Crippen LogP contribution in [-0.4, -0.2) is 6.29 Å². The van der Waals surface area contributed by atoms with Crippen molar-refractivity contribution in [3.8, 4) is 11.8 Å². The summed E-state index contributed by atoms with van der Waals surface area (Å²) in [6, 6.07) is 0. The van der Waals surface area contributed by atoms with E-state index >= 15 is 0 Å². The van der Waals surface area contributed by atoms with E-state index in [0.717, 1.165) is 12.7 Å². The van der Waals surface area contributed by atoms with Gasteiger partial charge in [-0.2, -0.15) is 0 Å². The molecule has 0 saturated heterocycles. The fourth-order valence-electron chi connectivity index (χ4n) is 0.414. The predicted molar refractivity (Wildman–Crippen MR) is 42.4 cm³/mol. The van der Waals surface area contributed by atoms with E-state index in [9.17, 15) is 4.79 Å². The number of allylic oxidation sites excluding steroid dienone is 3. The molecule has 52 valence electrons. The van der Waals surface area contributed by atoms with E-state index in [1.807, 2.05) is 6.08 Å². The summed E-state index contributed by atoms with van der Waals surface area (Å²) in [4.78, 5) is 9.81. The molecule has 0 aliphatic rings. The summed E-state index contributed by atoms with van der Waals surface area (Å²) in [5.41, 5.74) is 0. The van der Waals surface area contributed by atoms with Crippen molar-refractivity contribution in [3.05, 3.63) is 24.8 Å². The largest absolute Gasteiger partial charge is 0.303 e. The van der Waals surface area contributed by atoms with E-state index in [1.54, 1.807) is 6.08 Å². The number of carbonyl (C=O) groups is 1. The number of unbranched alkanes of at least 4 members (excludes halogenated alkanes) is 1. The van der Waals surface area contributed by atoms with E-state index in [2.05, 4.69) is 18.4 Å². The molecule has 0 radical (unpaired) electrons. The molecule has 0 saturated carbocycles. The first kappa shape index (κ1) is 8.71. The molecule has 0 unspecified atom stereocenters. The van der Waals surface area contributed by atoms with Gasteiger partial charge in [-0.15, -0.1) is 0 Å². The average molecular weight is 134 g/mol. The van der Waals surface area contributed by atoms with Crippen LogP contribution < -0.4 is 0 Å². The number of hydrogen-bond acceptors (Lipinski definition) is 1. The maximum atomic E-state index is 9.81. The molecule has 10 heavy (non-hydrogen) atoms. The maximum absolute atomic E-state index is 9.81. The molecule has 0 rings (SSSR count). The summed E-state index contributed by atoms with van der Waals surface area (Å²) in [5.74, 6) is 5.39. The second kappa shape index (κ2) is 7.71. The van der Waals surface area contributed by atoms with E-state index in [0.29, 0.717) is 6.42 Å². The van der Waals surface area contributed by atoms with E-state index in [-0.39, 0.29) is 0 Å². The van der Waals surface area contributed by atoms with Gasteiger partial charge in [0.15, 0.2) is 0 Å². The van der Waals surface area contributed by atoms with Gasteiger partial charge in [-0.25, -0.2) is 0 Å². The zero-order chi connectivity index (χ0) is 7.66. The van der Waals surface area contributed by atoms with Crippen molar-refractivity contribution in [2.24, 2.45) is 0 Å². The molecule has 0 fully saturated rings. The van der Waals surface area contributed by atoms with Gasteiger partial charge in [-0.1, -0.05) is 24.5 Å². The number of rotatable bonds is 3. The van der Waals surface area contributed by atoms with Crippen molar-refractivity contribution in [1.29, 1.82) is 0 Å². The van der Waals surface area contributed by atoms with Gasteiger partial charge in [0.2, 0.25) is 0 Å². The van der Waals surface area contributed by atoms with Crippen molar-refractivity contribution in [2.75, 3.05) is 0 Å². The highest BCUT2D eigenvalue weighted by Gasteiger charge is 1.73. The van der Waals surface area contributed by atoms with Gasteiger partial charge in [-0.3, -0.25) is 0 Å². The molecular formula is C9H10O. The topological polar surface area (TPSA) is 17.1 Å². The summed E-state index contributed by atoms with van der Waals surface area (Å²) in [6.45, 7) is 3.43. The lowest BCUT2D eigenvalue weighted by atomic mass is 10.3. The highest BCUT2D eigenvalue weighted by Crippen LogP contribution is 1.84. The molecule has 0 heterocycles. The van der Waals surface area contributed by atoms with Crippen LogP contribution in [0.5, 0.6) is 0 Å². The monoisotopic (exact) mass is 134 g/mol. The third-order valence-electron chi connectivity index (χ3n) is 0.838. The zero-order valence-corrected chi connectivity index (χ0v) is 5.84. The van der Waals surface area contributed by atoms with Gasteiger partial charge in [0.25, 0.3) is 0 Å². The van der Waals surface area contributed by atoms with Crippen molar-refractivity contribution in [1.82, 2.24) is 0 Å². The van der Waals surface area contributed by atoms with E-state index in [4.69, 9.17) is 0 Å². The summed E-state index contributed by atoms with van der Waals surface area (Å²) >= 11 is 0. The van der Waals surface area contributed by atoms with Crippen LogP contribution in [0.2, 0.25) is 0 Å². The van der Waals surface area contributed by atoms with Crippen molar-refractivity contribution in [2.45, 2.75) is 12.8 Å². The van der Waals surface area contributed by atoms with Crippen LogP contribution in [0, 0.1) is 11.8 Å². The van der Waals surface area contributed by atoms with E-state index < -0.39 is 0 Å². The maximum Gasteiger partial charge on any atom is 0.120 e. The molecule has 0 amide bonds. The minimum atomic E-state index is 0.576. The molecule has 1 nitrogen and oxygen atoms in total. The molecule has 0 aromatic carbocycles. The lowest BCUT2D eigenvalue weighted by Crippen LogP contribution is -1.68. The molecule has 1 heteroatoms. The van der Waals surface area contributed by atoms with Gasteiger partial charge >= 0.3 is 0 Å². The highest BCUT2D eigenvalue weighted by molar-refractivity contribution is 5.49. The van der Waals surface area contributed by atoms with Crippen molar-refractivity contribution in [3.63, 3.8) is 0 Å². The average Bonchev–Trinajstić information content (AvgIpc) is 1.97. The second-order valence-corrected chi connectivity index (χ2v) is 1.64. The molecule has 0 aliphatic carbocycles. The standard InChI is InChI=1S/C9H10O/c1-2-3-4-5-6-7-8-9-10/h2,5-6,9H,1,7-8H2/b6-5-. The Balaban J connectivity index is 3.36. The fraction of sp³-hybridized carbons (Fsp3) is 0.222. The van der Waals surface area contributed by atoms with Crippen LogP contribution in [0.25, 0.3) is 0 Å². The Bertz CT molecular complexity index is 179. The van der Waals surface area contributed by atoms with Gasteiger partial charge in [0.05, 0.1) is 0 Å². The first-order valence-corrected chi connectivity index (χ1v) is 3.12. The Morgan fingerprint density at radius 2 is 2.10 bits per heavy atom. The van der Waals surface area contributed by atoms with Crippen LogP contribution in [0.1, 0.15) is 12.8 Å². The van der Waals surface area contributed by atoms with Gasteiger partial charge in [-0.05, 0) is 18.6 Å². The smallest absolute Gasteiger partial charge is 0.120 e. The molecule has 0 bridgehead atoms. The number of hydrogen-bond donors (Lipinski definition) is 0. The zero-order valence-electron chi connectivity index (χ0n) is 5.84. The van der Waals surface area contributed by atoms with Crippen LogP contribution in [0.4, 0.5) is 0 Å². The van der Waals surface area contributed by atoms with Crippen LogP contribution in [0.15, 0.2) is 24.8 Å². The lowest BCUT2D eigenvalue weighted by Gasteiger charge is -1.76. The summed E-state index contributed by atoms with van der Waals surface area (Å²) < 4.78 is 0. The van der Waals surface area contributed by atoms with Crippen molar-refractivity contribution >= 4 is 6.29 Å². The minimum Gasteiger partial charge on any atom is -0.303 e. The Hall–Kier alpha value is -1.29. The normalized spacial score (nSPS) is 8.40. The Morgan fingerprint density at radius 1 is 1.30 bits per heavy atom. The summed E-state index contributed by atoms with van der Waals surface area (Å²) in [5, 5.41) is 0. The molecule has 0 spiro atoms. The van der Waals surface area contributed by atoms with Crippen molar-refractivity contribution < 1.29 is 4.79 Å². The van der Waals surface area contributed by atoms with Crippen LogP contribution in [0.3, 0.4) is 0 Å². The Morgan fingerprint density at radius 3 is 2.70 bits per heavy atom. The Kier molecular flexibility index (Phi) is 6.72. The first-order valence-electron chi connectivity index (χ1n) is 3.12. The number of carbonyl (C=O) groups excluding carboxylic acids is 1. The third kappa shape index (κ3) is 6.71. The predicted octanol–water partition coefficient (Wildman–Crippen LogP) is 1.71. The molecule has 0 atom stereocenters. The fourth-order valence-corrected chi connectivity index (χ4v) is 0.414. The third-order valence-corrected chi connectivity index (χ3v) is 0.838. The van der Waals surface area contributed by atoms with Gasteiger partial charge in [0.1, 0.15) is 6.29 Å². The summed E-state index contributed by atoms with van der Waals surface area (Å²) in [7, 11) is 0. The molecular weight excluding hydrogens is 124 g/mol. The van der Waals surface area contributed by atoms with Gasteiger partial charge < -0.3 is 4.79 Å². The van der Waals surface area contributed by atoms with Gasteiger partial charge in [0, 0.05) is 6.42 Å². The molecule has 0 N–H and O–H groups in total. The van der Waals surface area contributed by atoms with Crippen LogP contribution >= 0.6 is 0 Å². The molecule has 0 aromatic rings. The summed E-state index contributed by atoms with van der Waals surface area (Å²) in [6.07, 6.45) is 7.37. The molecule has 0 aromatic heterocycles. The lowest BCUT2D eigenvalue weighted by molar-refractivity contribution is -0.107. The second-order valence-electron chi connectivity index (χ2n) is 1.64. The minimum absolute atomic E-state index is 0.576. The first-order chi connectivity index (χ1) is 4.91. The van der Waals surface area contributed by atoms with E-state index in [1.165, 1.54) is 6.08 Å². The highest BCUT2D eigenvalue weighted by atomic mass is 16.1. The Labute approximate surface area is 61.4 Å². The molecule has 0 aliphatic heterocycles. The SMILES string of the molecule is C=CC#C/C=C\CCC=O. The quantitative estimate of drug-likeness (QED) is 0.326. The number of aldehydes is 1. The van der Waals surface area contributed by atoms with Crippen LogP contribution in [-0.2, 0) is 4.79 Å².